The first kappa shape index (κ1) is 17.5. The zero-order valence-corrected chi connectivity index (χ0v) is 14.7. The van der Waals surface area contributed by atoms with Crippen molar-refractivity contribution < 1.29 is 4.74 Å². The van der Waals surface area contributed by atoms with Gasteiger partial charge in [0, 0.05) is 43.4 Å². The lowest BCUT2D eigenvalue weighted by atomic mass is 10.1. The van der Waals surface area contributed by atoms with Crippen LogP contribution in [0.25, 0.3) is 0 Å². The van der Waals surface area contributed by atoms with E-state index in [1.54, 1.807) is 7.11 Å². The molecule has 0 atom stereocenters. The van der Waals surface area contributed by atoms with Crippen LogP contribution in [0.2, 0.25) is 0 Å². The predicted molar refractivity (Wildman–Crippen MR) is 90.5 cm³/mol. The summed E-state index contributed by atoms with van der Waals surface area (Å²) in [5.41, 5.74) is 2.55. The molecule has 0 saturated carbocycles. The third-order valence-electron chi connectivity index (χ3n) is 3.73. The van der Waals surface area contributed by atoms with Gasteiger partial charge in [0.2, 0.25) is 0 Å². The van der Waals surface area contributed by atoms with E-state index >= 15 is 0 Å². The van der Waals surface area contributed by atoms with E-state index in [9.17, 15) is 0 Å². The van der Waals surface area contributed by atoms with Gasteiger partial charge >= 0.3 is 0 Å². The molecule has 0 bridgehead atoms. The first-order valence-electron chi connectivity index (χ1n) is 7.34. The van der Waals surface area contributed by atoms with E-state index in [0.29, 0.717) is 6.04 Å². The molecule has 0 fully saturated rings. The molecule has 0 radical (unpaired) electrons. The summed E-state index contributed by atoms with van der Waals surface area (Å²) < 4.78 is 6.20. The number of hydrogen-bond donors (Lipinski definition) is 1. The molecule has 0 unspecified atom stereocenters. The summed E-state index contributed by atoms with van der Waals surface area (Å²) in [6, 6.07) is 7.22. The van der Waals surface area contributed by atoms with Crippen molar-refractivity contribution in [3.05, 3.63) is 28.2 Å². The molecular formula is C16H27BrN2O. The van der Waals surface area contributed by atoms with Crippen molar-refractivity contribution in [2.75, 3.05) is 32.2 Å². The standard InChI is InChI=1S/C16H27BrN2O/c1-5-14(6-2)19(3)15-8-7-13(16(17)11-15)12-18-9-10-20-4/h7-8,11,14,18H,5-6,9-10,12H2,1-4H3. The molecule has 0 spiro atoms. The normalized spacial score (nSPS) is 11.1. The van der Waals surface area contributed by atoms with E-state index in [4.69, 9.17) is 4.74 Å². The molecule has 0 aliphatic carbocycles. The minimum Gasteiger partial charge on any atom is -0.383 e. The molecule has 4 heteroatoms. The van der Waals surface area contributed by atoms with Crippen LogP contribution in [0.1, 0.15) is 32.3 Å². The molecule has 1 N–H and O–H groups in total. The highest BCUT2D eigenvalue weighted by Crippen LogP contribution is 2.26. The van der Waals surface area contributed by atoms with Gasteiger partial charge in [-0.05, 0) is 30.5 Å². The van der Waals surface area contributed by atoms with Gasteiger partial charge in [0.25, 0.3) is 0 Å². The lowest BCUT2D eigenvalue weighted by molar-refractivity contribution is 0.199. The molecule has 0 amide bonds. The van der Waals surface area contributed by atoms with Gasteiger partial charge in [-0.3, -0.25) is 0 Å². The molecule has 1 aromatic rings. The van der Waals surface area contributed by atoms with Gasteiger partial charge in [0.05, 0.1) is 6.61 Å². The number of ether oxygens (including phenoxy) is 1. The first-order valence-corrected chi connectivity index (χ1v) is 8.14. The second kappa shape index (κ2) is 9.37. The Labute approximate surface area is 131 Å². The quantitative estimate of drug-likeness (QED) is 0.690. The first-order chi connectivity index (χ1) is 9.63. The minimum absolute atomic E-state index is 0.604. The number of methoxy groups -OCH3 is 1. The fraction of sp³-hybridized carbons (Fsp3) is 0.625. The highest BCUT2D eigenvalue weighted by Gasteiger charge is 2.12. The Morgan fingerprint density at radius 1 is 1.30 bits per heavy atom. The molecule has 0 heterocycles. The Kier molecular flexibility index (Phi) is 8.19. The highest BCUT2D eigenvalue weighted by atomic mass is 79.9. The zero-order valence-electron chi connectivity index (χ0n) is 13.1. The van der Waals surface area contributed by atoms with Crippen molar-refractivity contribution in [2.45, 2.75) is 39.3 Å². The maximum absolute atomic E-state index is 5.03. The summed E-state index contributed by atoms with van der Waals surface area (Å²) >= 11 is 3.68. The SMILES string of the molecule is CCC(CC)N(C)c1ccc(CNCCOC)c(Br)c1. The smallest absolute Gasteiger partial charge is 0.0587 e. The van der Waals surface area contributed by atoms with Crippen LogP contribution < -0.4 is 10.2 Å². The van der Waals surface area contributed by atoms with Gasteiger partial charge in [0.15, 0.2) is 0 Å². The fourth-order valence-corrected chi connectivity index (χ4v) is 2.85. The summed E-state index contributed by atoms with van der Waals surface area (Å²) in [6.45, 7) is 6.96. The lowest BCUT2D eigenvalue weighted by Crippen LogP contribution is -2.30. The molecule has 0 aliphatic rings. The van der Waals surface area contributed by atoms with Gasteiger partial charge in [-0.15, -0.1) is 0 Å². The van der Waals surface area contributed by atoms with E-state index in [1.165, 1.54) is 24.1 Å². The number of benzene rings is 1. The number of hydrogen-bond acceptors (Lipinski definition) is 3. The molecule has 20 heavy (non-hydrogen) atoms. The maximum Gasteiger partial charge on any atom is 0.0587 e. The van der Waals surface area contributed by atoms with Crippen LogP contribution in [0, 0.1) is 0 Å². The van der Waals surface area contributed by atoms with Crippen LogP contribution in [0.15, 0.2) is 22.7 Å². The van der Waals surface area contributed by atoms with Crippen molar-refractivity contribution in [1.82, 2.24) is 5.32 Å². The topological polar surface area (TPSA) is 24.5 Å². The van der Waals surface area contributed by atoms with Crippen molar-refractivity contribution in [1.29, 1.82) is 0 Å². The molecule has 0 aliphatic heterocycles. The van der Waals surface area contributed by atoms with E-state index in [1.807, 2.05) is 0 Å². The van der Waals surface area contributed by atoms with E-state index < -0.39 is 0 Å². The van der Waals surface area contributed by atoms with Crippen LogP contribution in [0.5, 0.6) is 0 Å². The largest absolute Gasteiger partial charge is 0.383 e. The van der Waals surface area contributed by atoms with Gasteiger partial charge in [0.1, 0.15) is 0 Å². The van der Waals surface area contributed by atoms with E-state index in [-0.39, 0.29) is 0 Å². The number of nitrogens with zero attached hydrogens (tertiary/aromatic N) is 1. The van der Waals surface area contributed by atoms with Crippen molar-refractivity contribution in [2.24, 2.45) is 0 Å². The Balaban J connectivity index is 2.67. The molecule has 0 aromatic heterocycles. The molecule has 0 saturated heterocycles. The lowest BCUT2D eigenvalue weighted by Gasteiger charge is -2.29. The minimum atomic E-state index is 0.604. The summed E-state index contributed by atoms with van der Waals surface area (Å²) in [5, 5.41) is 3.37. The van der Waals surface area contributed by atoms with Gasteiger partial charge in [-0.1, -0.05) is 35.8 Å². The van der Waals surface area contributed by atoms with Crippen LogP contribution >= 0.6 is 15.9 Å². The Hall–Kier alpha value is -0.580. The van der Waals surface area contributed by atoms with Crippen molar-refractivity contribution >= 4 is 21.6 Å². The molecule has 1 rings (SSSR count). The van der Waals surface area contributed by atoms with Crippen LogP contribution in [0.3, 0.4) is 0 Å². The highest BCUT2D eigenvalue weighted by molar-refractivity contribution is 9.10. The van der Waals surface area contributed by atoms with E-state index in [2.05, 4.69) is 65.2 Å². The maximum atomic E-state index is 5.03. The van der Waals surface area contributed by atoms with Crippen LogP contribution in [-0.2, 0) is 11.3 Å². The van der Waals surface area contributed by atoms with Crippen molar-refractivity contribution in [3.63, 3.8) is 0 Å². The summed E-state index contributed by atoms with van der Waals surface area (Å²) in [6.07, 6.45) is 2.34. The monoisotopic (exact) mass is 342 g/mol. The second-order valence-corrected chi connectivity index (χ2v) is 5.88. The number of rotatable bonds is 9. The zero-order chi connectivity index (χ0) is 15.0. The average molecular weight is 343 g/mol. The number of anilines is 1. The van der Waals surface area contributed by atoms with Crippen LogP contribution in [0.4, 0.5) is 5.69 Å². The van der Waals surface area contributed by atoms with Gasteiger partial charge < -0.3 is 15.0 Å². The Morgan fingerprint density at radius 2 is 2.00 bits per heavy atom. The van der Waals surface area contributed by atoms with Crippen LogP contribution in [-0.4, -0.2) is 33.4 Å². The molecule has 1 aromatic carbocycles. The summed E-state index contributed by atoms with van der Waals surface area (Å²) in [7, 11) is 3.90. The van der Waals surface area contributed by atoms with Gasteiger partial charge in [-0.25, -0.2) is 0 Å². The molecule has 3 nitrogen and oxygen atoms in total. The fourth-order valence-electron chi connectivity index (χ4n) is 2.34. The number of halogens is 1. The molecular weight excluding hydrogens is 316 g/mol. The van der Waals surface area contributed by atoms with Crippen molar-refractivity contribution in [3.8, 4) is 0 Å². The third-order valence-corrected chi connectivity index (χ3v) is 4.47. The summed E-state index contributed by atoms with van der Waals surface area (Å²) in [4.78, 5) is 2.37. The summed E-state index contributed by atoms with van der Waals surface area (Å²) in [5.74, 6) is 0. The third kappa shape index (κ3) is 5.08. The Bertz CT molecular complexity index is 394. The number of nitrogens with one attached hydrogen (secondary N) is 1. The average Bonchev–Trinajstić information content (AvgIpc) is 2.46. The van der Waals surface area contributed by atoms with E-state index in [0.717, 1.165) is 24.2 Å². The second-order valence-electron chi connectivity index (χ2n) is 5.03. The predicted octanol–water partition coefficient (Wildman–Crippen LogP) is 3.81. The molecule has 114 valence electrons. The Morgan fingerprint density at radius 3 is 2.55 bits per heavy atom. The van der Waals surface area contributed by atoms with Gasteiger partial charge in [-0.2, -0.15) is 0 Å².